The molecule has 1 fully saturated rings. The van der Waals surface area contributed by atoms with E-state index < -0.39 is 0 Å². The van der Waals surface area contributed by atoms with E-state index in [1.165, 1.54) is 0 Å². The van der Waals surface area contributed by atoms with Crippen molar-refractivity contribution in [3.63, 3.8) is 0 Å². The maximum absolute atomic E-state index is 12.6. The number of rotatable bonds is 4. The number of hydrogen-bond acceptors (Lipinski definition) is 4. The molecule has 5 N–H and O–H groups in total. The van der Waals surface area contributed by atoms with E-state index in [4.69, 9.17) is 11.1 Å². The molecule has 2 heterocycles. The van der Waals surface area contributed by atoms with Gasteiger partial charge >= 0.3 is 0 Å². The molecule has 0 aliphatic heterocycles. The first kappa shape index (κ1) is 16.2. The third kappa shape index (κ3) is 3.47. The van der Waals surface area contributed by atoms with Crippen LogP contribution in [0.5, 0.6) is 0 Å². The summed E-state index contributed by atoms with van der Waals surface area (Å²) in [4.78, 5) is 16.8. The van der Waals surface area contributed by atoms with Gasteiger partial charge < -0.3 is 16.4 Å². The molecule has 0 bridgehead atoms. The van der Waals surface area contributed by atoms with Gasteiger partial charge in [-0.3, -0.25) is 14.9 Å². The van der Waals surface area contributed by atoms with Crippen LogP contribution in [0.1, 0.15) is 25.7 Å². The summed E-state index contributed by atoms with van der Waals surface area (Å²) in [5, 5.41) is 18.1. The number of aromatic nitrogens is 3. The van der Waals surface area contributed by atoms with Gasteiger partial charge in [0.05, 0.1) is 17.3 Å². The minimum Gasteiger partial charge on any atom is -0.370 e. The van der Waals surface area contributed by atoms with Gasteiger partial charge in [0, 0.05) is 25.7 Å². The van der Waals surface area contributed by atoms with Crippen molar-refractivity contribution in [2.75, 3.05) is 11.9 Å². The molecular weight excluding hydrogens is 306 g/mol. The van der Waals surface area contributed by atoms with Crippen LogP contribution < -0.4 is 16.4 Å². The van der Waals surface area contributed by atoms with Gasteiger partial charge in [-0.1, -0.05) is 0 Å². The van der Waals surface area contributed by atoms with E-state index in [9.17, 15) is 4.79 Å². The topological polar surface area (TPSA) is 122 Å². The van der Waals surface area contributed by atoms with E-state index in [1.807, 2.05) is 13.1 Å². The van der Waals surface area contributed by atoms with Crippen LogP contribution in [0.2, 0.25) is 0 Å². The summed E-state index contributed by atoms with van der Waals surface area (Å²) in [6.45, 7) is 0.713. The van der Waals surface area contributed by atoms with Crippen molar-refractivity contribution in [2.24, 2.45) is 24.6 Å². The van der Waals surface area contributed by atoms with Crippen LogP contribution in [-0.4, -0.2) is 33.2 Å². The van der Waals surface area contributed by atoms with Crippen LogP contribution >= 0.6 is 0 Å². The minimum atomic E-state index is 0.00745. The lowest BCUT2D eigenvalue weighted by Gasteiger charge is -2.28. The highest BCUT2D eigenvalue weighted by Crippen LogP contribution is 2.30. The Bertz CT molecular complexity index is 746. The average molecular weight is 329 g/mol. The molecule has 0 radical (unpaired) electrons. The van der Waals surface area contributed by atoms with E-state index in [0.29, 0.717) is 12.5 Å². The maximum atomic E-state index is 12.6. The van der Waals surface area contributed by atoms with Crippen molar-refractivity contribution >= 4 is 28.6 Å². The average Bonchev–Trinajstić information content (AvgIpc) is 2.96. The number of fused-ring (bicyclic) bond motifs is 1. The molecule has 8 nitrogen and oxygen atoms in total. The number of nitrogens with two attached hydrogens (primary N) is 1. The lowest BCUT2D eigenvalue weighted by atomic mass is 9.81. The molecule has 128 valence electrons. The number of carbonyl (C=O) groups excluding carboxylic acids is 1. The summed E-state index contributed by atoms with van der Waals surface area (Å²) in [6, 6.07) is 1.81. The number of amides is 1. The lowest BCUT2D eigenvalue weighted by Crippen LogP contribution is -2.36. The second-order valence-electron chi connectivity index (χ2n) is 6.37. The largest absolute Gasteiger partial charge is 0.370 e. The predicted molar refractivity (Wildman–Crippen MR) is 92.5 cm³/mol. The number of anilines is 1. The highest BCUT2D eigenvalue weighted by Gasteiger charge is 2.26. The van der Waals surface area contributed by atoms with E-state index in [-0.39, 0.29) is 17.8 Å². The normalized spacial score (nSPS) is 20.7. The fourth-order valence-corrected chi connectivity index (χ4v) is 3.27. The van der Waals surface area contributed by atoms with Gasteiger partial charge in [0.2, 0.25) is 5.91 Å². The maximum Gasteiger partial charge on any atom is 0.227 e. The molecule has 0 atom stereocenters. The zero-order valence-electron chi connectivity index (χ0n) is 13.7. The summed E-state index contributed by atoms with van der Waals surface area (Å²) < 4.78 is 1.69. The van der Waals surface area contributed by atoms with Crippen molar-refractivity contribution in [3.8, 4) is 0 Å². The van der Waals surface area contributed by atoms with Crippen molar-refractivity contribution in [1.29, 1.82) is 5.41 Å². The molecule has 1 saturated carbocycles. The first-order valence-corrected chi connectivity index (χ1v) is 8.20. The molecule has 1 amide bonds. The van der Waals surface area contributed by atoms with Crippen LogP contribution in [0.25, 0.3) is 11.0 Å². The predicted octanol–water partition coefficient (Wildman–Crippen LogP) is 1.20. The van der Waals surface area contributed by atoms with Gasteiger partial charge in [-0.15, -0.1) is 0 Å². The molecule has 8 heteroatoms. The second kappa shape index (κ2) is 6.86. The Morgan fingerprint density at radius 2 is 2.17 bits per heavy atom. The number of carbonyl (C=O) groups is 1. The smallest absolute Gasteiger partial charge is 0.227 e. The molecule has 1 aliphatic rings. The first-order valence-electron chi connectivity index (χ1n) is 8.20. The second-order valence-corrected chi connectivity index (χ2v) is 6.37. The van der Waals surface area contributed by atoms with Gasteiger partial charge in [0.15, 0.2) is 11.6 Å². The van der Waals surface area contributed by atoms with Gasteiger partial charge in [0.25, 0.3) is 0 Å². The van der Waals surface area contributed by atoms with E-state index in [0.717, 1.165) is 42.4 Å². The van der Waals surface area contributed by atoms with Crippen LogP contribution in [0.4, 0.5) is 5.69 Å². The Balaban J connectivity index is 1.59. The van der Waals surface area contributed by atoms with Crippen LogP contribution in [0.15, 0.2) is 18.5 Å². The summed E-state index contributed by atoms with van der Waals surface area (Å²) >= 11 is 0. The summed E-state index contributed by atoms with van der Waals surface area (Å²) in [5.41, 5.74) is 6.83. The summed E-state index contributed by atoms with van der Waals surface area (Å²) in [6.07, 6.45) is 7.06. The molecule has 0 saturated heterocycles. The Morgan fingerprint density at radius 3 is 2.88 bits per heavy atom. The molecular formula is C16H23N7O. The fourth-order valence-electron chi connectivity index (χ4n) is 3.27. The van der Waals surface area contributed by atoms with Crippen LogP contribution in [0, 0.1) is 17.2 Å². The molecule has 0 aromatic carbocycles. The number of nitrogens with one attached hydrogen (secondary N) is 3. The number of pyridine rings is 1. The number of nitrogens with zero attached hydrogens (tertiary/aromatic N) is 3. The minimum absolute atomic E-state index is 0.00745. The first-order chi connectivity index (χ1) is 11.5. The standard InChI is InChI=1S/C16H23N7O/c1-23-14-12(9-21-23)13(6-7-19-14)22-15(24)11-4-2-10(3-5-11)8-20-16(17)18/h6-7,9-11H,2-5,8H2,1H3,(H4,17,18,20)(H,19,22,24)/t10-,11-. The zero-order chi connectivity index (χ0) is 17.1. The van der Waals surface area contributed by atoms with E-state index in [1.54, 1.807) is 17.1 Å². The Labute approximate surface area is 140 Å². The monoisotopic (exact) mass is 329 g/mol. The zero-order valence-corrected chi connectivity index (χ0v) is 13.7. The Kier molecular flexibility index (Phi) is 4.64. The molecule has 3 rings (SSSR count). The van der Waals surface area contributed by atoms with Crippen LogP contribution in [-0.2, 0) is 11.8 Å². The molecule has 24 heavy (non-hydrogen) atoms. The Morgan fingerprint density at radius 1 is 1.42 bits per heavy atom. The van der Waals surface area contributed by atoms with Gasteiger partial charge in [0.1, 0.15) is 0 Å². The quantitative estimate of drug-likeness (QED) is 0.496. The fraction of sp³-hybridized carbons (Fsp3) is 0.500. The van der Waals surface area contributed by atoms with Crippen molar-refractivity contribution in [2.45, 2.75) is 25.7 Å². The van der Waals surface area contributed by atoms with Gasteiger partial charge in [-0.2, -0.15) is 5.10 Å². The number of hydrogen-bond donors (Lipinski definition) is 4. The van der Waals surface area contributed by atoms with E-state index >= 15 is 0 Å². The SMILES string of the molecule is Cn1ncc2c(NC(=O)[C@H]3CC[C@H](CNC(=N)N)CC3)ccnc21. The number of guanidine groups is 1. The van der Waals surface area contributed by atoms with Gasteiger partial charge in [-0.25, -0.2) is 4.98 Å². The highest BCUT2D eigenvalue weighted by molar-refractivity contribution is 6.00. The number of aryl methyl sites for hydroxylation is 1. The van der Waals surface area contributed by atoms with E-state index in [2.05, 4.69) is 20.7 Å². The molecule has 0 unspecified atom stereocenters. The van der Waals surface area contributed by atoms with Crippen LogP contribution in [0.3, 0.4) is 0 Å². The van der Waals surface area contributed by atoms with Crippen molar-refractivity contribution < 1.29 is 4.79 Å². The van der Waals surface area contributed by atoms with Crippen molar-refractivity contribution in [3.05, 3.63) is 18.5 Å². The van der Waals surface area contributed by atoms with Crippen molar-refractivity contribution in [1.82, 2.24) is 20.1 Å². The molecule has 2 aromatic heterocycles. The summed E-state index contributed by atoms with van der Waals surface area (Å²) in [7, 11) is 1.83. The molecule has 1 aliphatic carbocycles. The lowest BCUT2D eigenvalue weighted by molar-refractivity contribution is -0.121. The highest BCUT2D eigenvalue weighted by atomic mass is 16.1. The molecule has 0 spiro atoms. The third-order valence-electron chi connectivity index (χ3n) is 4.69. The summed E-state index contributed by atoms with van der Waals surface area (Å²) in [5.74, 6) is 0.569. The molecule has 2 aromatic rings. The Hall–Kier alpha value is -2.64. The van der Waals surface area contributed by atoms with Gasteiger partial charge in [-0.05, 0) is 37.7 Å². The third-order valence-corrected chi connectivity index (χ3v) is 4.69.